The Morgan fingerprint density at radius 3 is 2.32 bits per heavy atom. The number of carboxylic acids is 1. The summed E-state index contributed by atoms with van der Waals surface area (Å²) in [6, 6.07) is 17.8. The first-order chi connectivity index (χ1) is 13.5. The lowest BCUT2D eigenvalue weighted by Gasteiger charge is -2.10. The van der Waals surface area contributed by atoms with Crippen LogP contribution in [-0.2, 0) is 6.54 Å². The minimum absolute atomic E-state index is 0.0301. The monoisotopic (exact) mass is 377 g/mol. The topological polar surface area (TPSA) is 42.2 Å². The van der Waals surface area contributed by atoms with Gasteiger partial charge in [0.15, 0.2) is 0 Å². The van der Waals surface area contributed by atoms with Crippen molar-refractivity contribution in [2.75, 3.05) is 0 Å². The fourth-order valence-electron chi connectivity index (χ4n) is 3.59. The minimum Gasteiger partial charge on any atom is -0.477 e. The molecule has 4 rings (SSSR count). The third kappa shape index (κ3) is 2.95. The number of carboxylic acid groups (broad SMARTS) is 1. The first-order valence-electron chi connectivity index (χ1n) is 8.82. The van der Waals surface area contributed by atoms with Gasteiger partial charge in [-0.2, -0.15) is 0 Å². The van der Waals surface area contributed by atoms with E-state index >= 15 is 0 Å². The molecule has 0 fully saturated rings. The van der Waals surface area contributed by atoms with Gasteiger partial charge in [-0.15, -0.1) is 0 Å². The summed E-state index contributed by atoms with van der Waals surface area (Å²) < 4.78 is 30.4. The predicted octanol–water partition coefficient (Wildman–Crippen LogP) is 5.64. The van der Waals surface area contributed by atoms with Crippen LogP contribution in [0.1, 0.15) is 21.6 Å². The van der Waals surface area contributed by atoms with Gasteiger partial charge in [0.2, 0.25) is 0 Å². The number of aryl methyl sites for hydroxylation is 1. The highest BCUT2D eigenvalue weighted by molar-refractivity contribution is 6.08. The van der Waals surface area contributed by atoms with E-state index in [1.54, 1.807) is 42.5 Å². The van der Waals surface area contributed by atoms with Gasteiger partial charge in [0.05, 0.1) is 6.54 Å². The molecule has 0 bridgehead atoms. The van der Waals surface area contributed by atoms with Gasteiger partial charge in [0.1, 0.15) is 17.3 Å². The van der Waals surface area contributed by atoms with Crippen LogP contribution < -0.4 is 0 Å². The van der Waals surface area contributed by atoms with Crippen molar-refractivity contribution in [3.8, 4) is 11.1 Å². The maximum Gasteiger partial charge on any atom is 0.353 e. The molecule has 1 aromatic heterocycles. The van der Waals surface area contributed by atoms with Crippen LogP contribution in [0.5, 0.6) is 0 Å². The largest absolute Gasteiger partial charge is 0.477 e. The maximum atomic E-state index is 14.6. The Hall–Kier alpha value is -3.47. The number of hydrogen-bond acceptors (Lipinski definition) is 1. The number of nitrogens with zero attached hydrogens (tertiary/aromatic N) is 1. The zero-order chi connectivity index (χ0) is 19.8. The predicted molar refractivity (Wildman–Crippen MR) is 105 cm³/mol. The average molecular weight is 377 g/mol. The third-order valence-electron chi connectivity index (χ3n) is 4.85. The van der Waals surface area contributed by atoms with E-state index in [4.69, 9.17) is 0 Å². The Morgan fingerprint density at radius 1 is 0.964 bits per heavy atom. The SMILES string of the molecule is Cc1ccc2c(c1)c(-c1ccccc1F)c(C(=O)O)n2Cc1ccccc1F. The molecule has 1 N–H and O–H groups in total. The standard InChI is InChI=1S/C23H17F2NO2/c1-14-10-11-20-17(12-14)21(16-7-3-5-9-19(16)25)22(23(27)28)26(20)13-15-6-2-4-8-18(15)24/h2-12H,13H2,1H3,(H,27,28). The molecule has 28 heavy (non-hydrogen) atoms. The van der Waals surface area contributed by atoms with Crippen molar-refractivity contribution in [3.05, 3.63) is 95.2 Å². The van der Waals surface area contributed by atoms with Crippen LogP contribution in [-0.4, -0.2) is 15.6 Å². The van der Waals surface area contributed by atoms with Crippen LogP contribution in [0.2, 0.25) is 0 Å². The average Bonchev–Trinajstić information content (AvgIpc) is 2.97. The number of benzene rings is 3. The summed E-state index contributed by atoms with van der Waals surface area (Å²) in [6.45, 7) is 1.92. The molecule has 0 aliphatic rings. The molecule has 0 radical (unpaired) electrons. The first-order valence-corrected chi connectivity index (χ1v) is 8.82. The Kier molecular flexibility index (Phi) is 4.43. The quantitative estimate of drug-likeness (QED) is 0.500. The highest BCUT2D eigenvalue weighted by Gasteiger charge is 2.25. The second-order valence-electron chi connectivity index (χ2n) is 6.71. The van der Waals surface area contributed by atoms with Gasteiger partial charge < -0.3 is 9.67 Å². The lowest BCUT2D eigenvalue weighted by molar-refractivity contribution is 0.0687. The molecule has 3 aromatic carbocycles. The molecular formula is C23H17F2NO2. The molecule has 140 valence electrons. The van der Waals surface area contributed by atoms with E-state index in [2.05, 4.69) is 0 Å². The first kappa shape index (κ1) is 17.9. The number of aromatic nitrogens is 1. The van der Waals surface area contributed by atoms with Crippen molar-refractivity contribution in [1.82, 2.24) is 4.57 Å². The molecule has 0 unspecified atom stereocenters. The highest BCUT2D eigenvalue weighted by Crippen LogP contribution is 2.37. The summed E-state index contributed by atoms with van der Waals surface area (Å²) in [4.78, 5) is 12.2. The van der Waals surface area contributed by atoms with Crippen LogP contribution in [0.3, 0.4) is 0 Å². The molecule has 0 saturated carbocycles. The van der Waals surface area contributed by atoms with Gasteiger partial charge in [-0.1, -0.05) is 48.0 Å². The number of rotatable bonds is 4. The molecule has 0 aliphatic carbocycles. The molecule has 0 spiro atoms. The molecule has 0 amide bonds. The molecule has 1 heterocycles. The van der Waals surface area contributed by atoms with E-state index in [9.17, 15) is 18.7 Å². The lowest BCUT2D eigenvalue weighted by atomic mass is 10.00. The minimum atomic E-state index is -1.19. The smallest absolute Gasteiger partial charge is 0.353 e. The van der Waals surface area contributed by atoms with E-state index in [0.29, 0.717) is 22.0 Å². The second-order valence-corrected chi connectivity index (χ2v) is 6.71. The maximum absolute atomic E-state index is 14.6. The summed E-state index contributed by atoms with van der Waals surface area (Å²) in [5.41, 5.74) is 2.36. The van der Waals surface area contributed by atoms with Gasteiger partial charge in [-0.25, -0.2) is 13.6 Å². The van der Waals surface area contributed by atoms with Crippen LogP contribution in [0.15, 0.2) is 66.7 Å². The van der Waals surface area contributed by atoms with Crippen molar-refractivity contribution < 1.29 is 18.7 Å². The van der Waals surface area contributed by atoms with Gasteiger partial charge in [0, 0.05) is 27.6 Å². The zero-order valence-corrected chi connectivity index (χ0v) is 15.1. The molecule has 3 nitrogen and oxygen atoms in total. The fourth-order valence-corrected chi connectivity index (χ4v) is 3.59. The molecule has 0 atom stereocenters. The van der Waals surface area contributed by atoms with Crippen molar-refractivity contribution in [2.45, 2.75) is 13.5 Å². The van der Waals surface area contributed by atoms with Crippen LogP contribution >= 0.6 is 0 Å². The summed E-state index contributed by atoms with van der Waals surface area (Å²) in [5, 5.41) is 10.6. The van der Waals surface area contributed by atoms with Crippen molar-refractivity contribution in [3.63, 3.8) is 0 Å². The van der Waals surface area contributed by atoms with Crippen LogP contribution in [0, 0.1) is 18.6 Å². The van der Waals surface area contributed by atoms with Gasteiger partial charge in [-0.3, -0.25) is 0 Å². The molecule has 4 aromatic rings. The van der Waals surface area contributed by atoms with Gasteiger partial charge >= 0.3 is 5.97 Å². The van der Waals surface area contributed by atoms with Gasteiger partial charge in [-0.05, 0) is 31.2 Å². The van der Waals surface area contributed by atoms with Gasteiger partial charge in [0.25, 0.3) is 0 Å². The Balaban J connectivity index is 2.08. The summed E-state index contributed by atoms with van der Waals surface area (Å²) in [6.07, 6.45) is 0. The van der Waals surface area contributed by atoms with Crippen molar-refractivity contribution in [1.29, 1.82) is 0 Å². The summed E-state index contributed by atoms with van der Waals surface area (Å²) in [5.74, 6) is -2.11. The third-order valence-corrected chi connectivity index (χ3v) is 4.85. The zero-order valence-electron chi connectivity index (χ0n) is 15.1. The Bertz CT molecular complexity index is 1210. The highest BCUT2D eigenvalue weighted by atomic mass is 19.1. The summed E-state index contributed by atoms with van der Waals surface area (Å²) >= 11 is 0. The number of halogens is 2. The molecular weight excluding hydrogens is 360 g/mol. The number of aromatic carboxylic acids is 1. The van der Waals surface area contributed by atoms with E-state index in [1.165, 1.54) is 16.7 Å². The van der Waals surface area contributed by atoms with Crippen LogP contribution in [0.25, 0.3) is 22.0 Å². The molecule has 5 heteroatoms. The van der Waals surface area contributed by atoms with Crippen molar-refractivity contribution >= 4 is 16.9 Å². The van der Waals surface area contributed by atoms with E-state index in [0.717, 1.165) is 5.56 Å². The number of carbonyl (C=O) groups is 1. The molecule has 0 saturated heterocycles. The van der Waals surface area contributed by atoms with E-state index in [1.807, 2.05) is 19.1 Å². The number of hydrogen-bond donors (Lipinski definition) is 1. The lowest BCUT2D eigenvalue weighted by Crippen LogP contribution is -2.11. The fraction of sp³-hybridized carbons (Fsp3) is 0.0870. The second kappa shape index (κ2) is 6.93. The van der Waals surface area contributed by atoms with E-state index in [-0.39, 0.29) is 17.8 Å². The normalized spacial score (nSPS) is 11.1. The number of fused-ring (bicyclic) bond motifs is 1. The van der Waals surface area contributed by atoms with E-state index < -0.39 is 17.6 Å². The Labute approximate surface area is 160 Å². The summed E-state index contributed by atoms with van der Waals surface area (Å²) in [7, 11) is 0. The van der Waals surface area contributed by atoms with Crippen LogP contribution in [0.4, 0.5) is 8.78 Å². The van der Waals surface area contributed by atoms with Crippen molar-refractivity contribution in [2.24, 2.45) is 0 Å². The molecule has 0 aliphatic heterocycles. The Morgan fingerprint density at radius 2 is 1.64 bits per heavy atom.